The molecule has 1 nitrogen and oxygen atoms in total. The van der Waals surface area contributed by atoms with Gasteiger partial charge in [0.1, 0.15) is 6.54 Å². The van der Waals surface area contributed by atoms with Gasteiger partial charge >= 0.3 is 6.18 Å². The zero-order chi connectivity index (χ0) is 9.90. The SMILES string of the molecule is [CH2-][NH+]Cc1ccc(C(F)(F)F)cc1. The van der Waals surface area contributed by atoms with Crippen molar-refractivity contribution in [3.8, 4) is 0 Å². The first-order valence-electron chi connectivity index (χ1n) is 3.70. The average molecular weight is 188 g/mol. The Labute approximate surface area is 74.6 Å². The van der Waals surface area contributed by atoms with E-state index in [9.17, 15) is 13.2 Å². The summed E-state index contributed by atoms with van der Waals surface area (Å²) in [4.78, 5) is 0. The molecule has 0 saturated carbocycles. The van der Waals surface area contributed by atoms with Gasteiger partial charge in [-0.15, -0.1) is 7.05 Å². The second-order valence-corrected chi connectivity index (χ2v) is 2.62. The van der Waals surface area contributed by atoms with Crippen molar-refractivity contribution in [3.63, 3.8) is 0 Å². The molecule has 0 spiro atoms. The van der Waals surface area contributed by atoms with Crippen molar-refractivity contribution in [2.45, 2.75) is 12.7 Å². The van der Waals surface area contributed by atoms with Crippen LogP contribution >= 0.6 is 0 Å². The maximum atomic E-state index is 12.1. The predicted octanol–water partition coefficient (Wildman–Crippen LogP) is 1.35. The largest absolute Gasteiger partial charge is 0.416 e. The van der Waals surface area contributed by atoms with Gasteiger partial charge < -0.3 is 5.32 Å². The van der Waals surface area contributed by atoms with Crippen LogP contribution in [0.25, 0.3) is 0 Å². The third-order valence-electron chi connectivity index (χ3n) is 1.61. The van der Waals surface area contributed by atoms with Gasteiger partial charge in [-0.25, -0.2) is 0 Å². The highest BCUT2D eigenvalue weighted by atomic mass is 19.4. The summed E-state index contributed by atoms with van der Waals surface area (Å²) < 4.78 is 36.2. The molecule has 0 aliphatic carbocycles. The quantitative estimate of drug-likeness (QED) is 0.674. The molecular formula is C9H9F3N. The molecule has 1 N–H and O–H groups in total. The van der Waals surface area contributed by atoms with Crippen LogP contribution in [0.2, 0.25) is 0 Å². The molecule has 0 bridgehead atoms. The molecule has 1 aromatic rings. The summed E-state index contributed by atoms with van der Waals surface area (Å²) in [7, 11) is 3.38. The monoisotopic (exact) mass is 188 g/mol. The summed E-state index contributed by atoms with van der Waals surface area (Å²) in [5.74, 6) is 0. The van der Waals surface area contributed by atoms with E-state index in [0.29, 0.717) is 6.54 Å². The van der Waals surface area contributed by atoms with Gasteiger partial charge in [-0.3, -0.25) is 0 Å². The van der Waals surface area contributed by atoms with Crippen LogP contribution in [0.3, 0.4) is 0 Å². The Hall–Kier alpha value is -1.03. The minimum absolute atomic E-state index is 0.470. The lowest BCUT2D eigenvalue weighted by atomic mass is 10.1. The Kier molecular flexibility index (Phi) is 2.93. The van der Waals surface area contributed by atoms with Crippen molar-refractivity contribution < 1.29 is 18.5 Å². The highest BCUT2D eigenvalue weighted by Crippen LogP contribution is 2.28. The molecule has 0 heterocycles. The Bertz CT molecular complexity index is 263. The fourth-order valence-electron chi connectivity index (χ4n) is 0.956. The number of rotatable bonds is 2. The highest BCUT2D eigenvalue weighted by molar-refractivity contribution is 5.23. The van der Waals surface area contributed by atoms with Crippen LogP contribution in [0.4, 0.5) is 13.2 Å². The van der Waals surface area contributed by atoms with E-state index >= 15 is 0 Å². The van der Waals surface area contributed by atoms with Crippen molar-refractivity contribution in [1.82, 2.24) is 0 Å². The number of benzene rings is 1. The molecule has 1 aromatic carbocycles. The zero-order valence-electron chi connectivity index (χ0n) is 6.86. The maximum absolute atomic E-state index is 12.1. The Balaban J connectivity index is 2.81. The molecule has 0 aliphatic rings. The van der Waals surface area contributed by atoms with Crippen molar-refractivity contribution in [1.29, 1.82) is 0 Å². The van der Waals surface area contributed by atoms with Crippen LogP contribution in [0.5, 0.6) is 0 Å². The fraction of sp³-hybridized carbons (Fsp3) is 0.222. The van der Waals surface area contributed by atoms with Crippen LogP contribution in [0.1, 0.15) is 11.1 Å². The van der Waals surface area contributed by atoms with E-state index in [2.05, 4.69) is 12.4 Å². The second kappa shape index (κ2) is 3.79. The lowest BCUT2D eigenvalue weighted by molar-refractivity contribution is -0.612. The summed E-state index contributed by atoms with van der Waals surface area (Å²) in [6.45, 7) is 0.470. The molecule has 13 heavy (non-hydrogen) atoms. The normalized spacial score (nSPS) is 11.7. The van der Waals surface area contributed by atoms with Gasteiger partial charge in [0.15, 0.2) is 0 Å². The topological polar surface area (TPSA) is 15.6 Å². The first-order chi connectivity index (χ1) is 6.04. The van der Waals surface area contributed by atoms with Crippen LogP contribution in [-0.2, 0) is 12.7 Å². The molecule has 0 atom stereocenters. The van der Waals surface area contributed by atoms with E-state index in [4.69, 9.17) is 0 Å². The van der Waals surface area contributed by atoms with E-state index in [1.807, 2.05) is 0 Å². The van der Waals surface area contributed by atoms with E-state index in [1.165, 1.54) is 12.1 Å². The number of nitrogens with one attached hydrogen (secondary N) is 1. The minimum Gasteiger partial charge on any atom is -0.331 e. The van der Waals surface area contributed by atoms with Crippen LogP contribution in [0, 0.1) is 7.05 Å². The van der Waals surface area contributed by atoms with Crippen molar-refractivity contribution in [2.75, 3.05) is 0 Å². The average Bonchev–Trinajstić information content (AvgIpc) is 2.04. The third-order valence-corrected chi connectivity index (χ3v) is 1.61. The molecule has 0 amide bonds. The second-order valence-electron chi connectivity index (χ2n) is 2.62. The standard InChI is InChI=1S/C9H9F3N/c1-13-6-7-2-4-8(5-3-7)9(10,11)12/h2-5,13H,1,6H2. The zero-order valence-corrected chi connectivity index (χ0v) is 6.86. The maximum Gasteiger partial charge on any atom is 0.416 e. The van der Waals surface area contributed by atoms with Gasteiger partial charge in [-0.1, -0.05) is 12.1 Å². The minimum atomic E-state index is -4.25. The Morgan fingerprint density at radius 3 is 2.08 bits per heavy atom. The van der Waals surface area contributed by atoms with Crippen molar-refractivity contribution in [2.24, 2.45) is 0 Å². The van der Waals surface area contributed by atoms with Crippen molar-refractivity contribution in [3.05, 3.63) is 42.4 Å². The predicted molar refractivity (Wildman–Crippen MR) is 41.5 cm³/mol. The first kappa shape index (κ1) is 10.1. The van der Waals surface area contributed by atoms with Gasteiger partial charge in [0.25, 0.3) is 0 Å². The number of halogens is 3. The van der Waals surface area contributed by atoms with Gasteiger partial charge in [0.05, 0.1) is 5.56 Å². The summed E-state index contributed by atoms with van der Waals surface area (Å²) in [6.07, 6.45) is -4.25. The highest BCUT2D eigenvalue weighted by Gasteiger charge is 2.29. The smallest absolute Gasteiger partial charge is 0.331 e. The number of hydrogen-bond acceptors (Lipinski definition) is 1. The van der Waals surface area contributed by atoms with Gasteiger partial charge in [0.2, 0.25) is 0 Å². The van der Waals surface area contributed by atoms with E-state index in [0.717, 1.165) is 17.7 Å². The summed E-state index contributed by atoms with van der Waals surface area (Å²) in [5, 5.41) is 2.61. The molecular weight excluding hydrogens is 179 g/mol. The molecule has 0 saturated heterocycles. The third kappa shape index (κ3) is 2.73. The van der Waals surface area contributed by atoms with E-state index in [1.54, 1.807) is 0 Å². The molecule has 0 aromatic heterocycles. The number of hydrogen-bond donors (Lipinski definition) is 1. The Morgan fingerprint density at radius 1 is 1.15 bits per heavy atom. The molecule has 0 fully saturated rings. The molecule has 0 unspecified atom stereocenters. The Morgan fingerprint density at radius 2 is 1.69 bits per heavy atom. The fourth-order valence-corrected chi connectivity index (χ4v) is 0.956. The molecule has 1 radical (unpaired) electrons. The lowest BCUT2D eigenvalue weighted by Gasteiger charge is -2.06. The molecule has 4 heteroatoms. The van der Waals surface area contributed by atoms with Crippen LogP contribution < -0.4 is 5.32 Å². The summed E-state index contributed by atoms with van der Waals surface area (Å²) in [5.41, 5.74) is 0.156. The lowest BCUT2D eigenvalue weighted by Crippen LogP contribution is -2.74. The van der Waals surface area contributed by atoms with Gasteiger partial charge in [-0.2, -0.15) is 13.2 Å². The van der Waals surface area contributed by atoms with E-state index < -0.39 is 11.7 Å². The molecule has 1 rings (SSSR count). The van der Waals surface area contributed by atoms with Crippen LogP contribution in [0.15, 0.2) is 24.3 Å². The van der Waals surface area contributed by atoms with Crippen LogP contribution in [-0.4, -0.2) is 0 Å². The summed E-state index contributed by atoms with van der Waals surface area (Å²) >= 11 is 0. The van der Waals surface area contributed by atoms with E-state index in [-0.39, 0.29) is 0 Å². The molecule has 0 aliphatic heterocycles. The summed E-state index contributed by atoms with van der Waals surface area (Å²) in [6, 6.07) is 4.99. The van der Waals surface area contributed by atoms with Gasteiger partial charge in [-0.05, 0) is 12.1 Å². The molecule has 71 valence electrons. The van der Waals surface area contributed by atoms with Gasteiger partial charge in [0, 0.05) is 5.56 Å². The number of alkyl halides is 3. The van der Waals surface area contributed by atoms with Crippen molar-refractivity contribution >= 4 is 0 Å². The first-order valence-corrected chi connectivity index (χ1v) is 3.70.